The van der Waals surface area contributed by atoms with E-state index < -0.39 is 0 Å². The third kappa shape index (κ3) is 2.18. The zero-order valence-electron chi connectivity index (χ0n) is 12.7. The molecule has 7 nitrogen and oxygen atoms in total. The second kappa shape index (κ2) is 5.24. The first kappa shape index (κ1) is 14.5. The molecule has 0 atom stereocenters. The third-order valence-electron chi connectivity index (χ3n) is 3.51. The molecule has 0 aliphatic carbocycles. The standard InChI is InChI=1S/C13H21N5O2/c1-6-9-14-11-10(18(9)8-7-15(2)3)12(19)17(5)13(20)16(11)4/h6-8H2,1-5H3. The molecule has 0 saturated heterocycles. The molecule has 0 aromatic carbocycles. The summed E-state index contributed by atoms with van der Waals surface area (Å²) >= 11 is 0. The average molecular weight is 279 g/mol. The van der Waals surface area contributed by atoms with Crippen LogP contribution in [0.4, 0.5) is 0 Å². The van der Waals surface area contributed by atoms with Gasteiger partial charge in [0.25, 0.3) is 5.56 Å². The zero-order chi connectivity index (χ0) is 15.0. The molecule has 2 aromatic rings. The van der Waals surface area contributed by atoms with Gasteiger partial charge in [-0.15, -0.1) is 0 Å². The van der Waals surface area contributed by atoms with Crippen LogP contribution in [0.25, 0.3) is 11.2 Å². The molecule has 0 amide bonds. The minimum Gasteiger partial charge on any atom is -0.321 e. The first-order chi connectivity index (χ1) is 9.38. The molecule has 0 N–H and O–H groups in total. The highest BCUT2D eigenvalue weighted by Gasteiger charge is 2.17. The van der Waals surface area contributed by atoms with E-state index in [-0.39, 0.29) is 11.2 Å². The van der Waals surface area contributed by atoms with E-state index >= 15 is 0 Å². The zero-order valence-corrected chi connectivity index (χ0v) is 12.7. The van der Waals surface area contributed by atoms with E-state index in [1.54, 1.807) is 7.05 Å². The summed E-state index contributed by atoms with van der Waals surface area (Å²) in [6.45, 7) is 3.49. The van der Waals surface area contributed by atoms with E-state index in [4.69, 9.17) is 0 Å². The fourth-order valence-corrected chi connectivity index (χ4v) is 2.30. The Balaban J connectivity index is 2.79. The van der Waals surface area contributed by atoms with Crippen molar-refractivity contribution in [1.82, 2.24) is 23.6 Å². The van der Waals surface area contributed by atoms with Gasteiger partial charge in [-0.25, -0.2) is 9.78 Å². The normalized spacial score (nSPS) is 11.7. The van der Waals surface area contributed by atoms with Crippen LogP contribution >= 0.6 is 0 Å². The number of imidazole rings is 1. The van der Waals surface area contributed by atoms with Crippen molar-refractivity contribution < 1.29 is 0 Å². The molecule has 0 radical (unpaired) electrons. The average Bonchev–Trinajstić information content (AvgIpc) is 2.79. The van der Waals surface area contributed by atoms with Crippen LogP contribution in [0, 0.1) is 0 Å². The molecule has 0 aliphatic rings. The van der Waals surface area contributed by atoms with Crippen LogP contribution in [-0.2, 0) is 27.1 Å². The first-order valence-electron chi connectivity index (χ1n) is 6.68. The number of likely N-dealkylation sites (N-methyl/N-ethyl adjacent to an activating group) is 1. The predicted molar refractivity (Wildman–Crippen MR) is 78.1 cm³/mol. The molecule has 2 aromatic heterocycles. The van der Waals surface area contributed by atoms with E-state index in [0.717, 1.165) is 23.4 Å². The predicted octanol–water partition coefficient (Wildman–Crippen LogP) is -0.442. The van der Waals surface area contributed by atoms with Gasteiger partial charge in [-0.3, -0.25) is 13.9 Å². The Hall–Kier alpha value is -1.89. The smallest absolute Gasteiger partial charge is 0.321 e. The number of nitrogens with zero attached hydrogens (tertiary/aromatic N) is 5. The van der Waals surface area contributed by atoms with E-state index in [0.29, 0.717) is 17.7 Å². The lowest BCUT2D eigenvalue weighted by Gasteiger charge is -2.12. The van der Waals surface area contributed by atoms with Gasteiger partial charge in [0.15, 0.2) is 11.2 Å². The van der Waals surface area contributed by atoms with Crippen LogP contribution in [-0.4, -0.2) is 44.2 Å². The monoisotopic (exact) mass is 279 g/mol. The molecule has 2 rings (SSSR count). The van der Waals surface area contributed by atoms with Gasteiger partial charge in [-0.2, -0.15) is 0 Å². The first-order valence-corrected chi connectivity index (χ1v) is 6.68. The van der Waals surface area contributed by atoms with Crippen molar-refractivity contribution in [3.63, 3.8) is 0 Å². The van der Waals surface area contributed by atoms with Gasteiger partial charge in [0.05, 0.1) is 0 Å². The Morgan fingerprint density at radius 1 is 1.15 bits per heavy atom. The number of aryl methyl sites for hydroxylation is 2. The maximum atomic E-state index is 12.4. The summed E-state index contributed by atoms with van der Waals surface area (Å²) in [6, 6.07) is 0. The van der Waals surface area contributed by atoms with E-state index in [9.17, 15) is 9.59 Å². The molecule has 0 spiro atoms. The maximum absolute atomic E-state index is 12.4. The number of hydrogen-bond acceptors (Lipinski definition) is 4. The highest BCUT2D eigenvalue weighted by Crippen LogP contribution is 2.11. The molecule has 0 unspecified atom stereocenters. The minimum absolute atomic E-state index is 0.283. The molecule has 7 heteroatoms. The Bertz CT molecular complexity index is 751. The second-order valence-electron chi connectivity index (χ2n) is 5.21. The van der Waals surface area contributed by atoms with Crippen LogP contribution in [0.5, 0.6) is 0 Å². The fraction of sp³-hybridized carbons (Fsp3) is 0.615. The highest BCUT2D eigenvalue weighted by molar-refractivity contribution is 5.71. The Morgan fingerprint density at radius 3 is 2.35 bits per heavy atom. The quantitative estimate of drug-likeness (QED) is 0.761. The van der Waals surface area contributed by atoms with Gasteiger partial charge in [-0.1, -0.05) is 6.92 Å². The van der Waals surface area contributed by atoms with E-state index in [1.165, 1.54) is 11.6 Å². The van der Waals surface area contributed by atoms with Gasteiger partial charge in [0.2, 0.25) is 0 Å². The van der Waals surface area contributed by atoms with Crippen molar-refractivity contribution in [1.29, 1.82) is 0 Å². The minimum atomic E-state index is -0.345. The molecular weight excluding hydrogens is 258 g/mol. The van der Waals surface area contributed by atoms with Crippen molar-refractivity contribution >= 4 is 11.2 Å². The van der Waals surface area contributed by atoms with E-state index in [1.807, 2.05) is 25.6 Å². The van der Waals surface area contributed by atoms with Crippen molar-refractivity contribution in [2.24, 2.45) is 14.1 Å². The second-order valence-corrected chi connectivity index (χ2v) is 5.21. The number of aromatic nitrogens is 4. The number of rotatable bonds is 4. The number of hydrogen-bond donors (Lipinski definition) is 0. The molecule has 0 saturated carbocycles. The molecule has 2 heterocycles. The molecular formula is C13H21N5O2. The summed E-state index contributed by atoms with van der Waals surface area (Å²) in [5.41, 5.74) is 0.346. The van der Waals surface area contributed by atoms with E-state index in [2.05, 4.69) is 9.88 Å². The molecule has 0 fully saturated rings. The Morgan fingerprint density at radius 2 is 1.80 bits per heavy atom. The van der Waals surface area contributed by atoms with Crippen molar-refractivity contribution in [3.05, 3.63) is 26.7 Å². The van der Waals surface area contributed by atoms with Gasteiger partial charge >= 0.3 is 5.69 Å². The Kier molecular flexibility index (Phi) is 3.80. The lowest BCUT2D eigenvalue weighted by atomic mass is 10.4. The Labute approximate surface area is 117 Å². The van der Waals surface area contributed by atoms with Gasteiger partial charge < -0.3 is 9.47 Å². The van der Waals surface area contributed by atoms with Crippen molar-refractivity contribution in [2.45, 2.75) is 19.9 Å². The van der Waals surface area contributed by atoms with Crippen LogP contribution in [0.1, 0.15) is 12.7 Å². The molecule has 0 bridgehead atoms. The largest absolute Gasteiger partial charge is 0.332 e. The summed E-state index contributed by atoms with van der Waals surface area (Å²) in [6.07, 6.45) is 0.722. The summed E-state index contributed by atoms with van der Waals surface area (Å²) in [5, 5.41) is 0. The van der Waals surface area contributed by atoms with Gasteiger partial charge in [0.1, 0.15) is 5.82 Å². The highest BCUT2D eigenvalue weighted by atomic mass is 16.2. The fourth-order valence-electron chi connectivity index (χ4n) is 2.30. The van der Waals surface area contributed by atoms with Crippen LogP contribution in [0.3, 0.4) is 0 Å². The third-order valence-corrected chi connectivity index (χ3v) is 3.51. The number of fused-ring (bicyclic) bond motifs is 1. The van der Waals surface area contributed by atoms with Crippen molar-refractivity contribution in [3.8, 4) is 0 Å². The molecule has 20 heavy (non-hydrogen) atoms. The summed E-state index contributed by atoms with van der Waals surface area (Å²) in [7, 11) is 7.11. The van der Waals surface area contributed by atoms with Crippen LogP contribution in [0.2, 0.25) is 0 Å². The SMILES string of the molecule is CCc1nc2c(c(=O)n(C)c(=O)n2C)n1CCN(C)C. The lowest BCUT2D eigenvalue weighted by molar-refractivity contribution is 0.383. The van der Waals surface area contributed by atoms with Crippen molar-refractivity contribution in [2.75, 3.05) is 20.6 Å². The summed E-state index contributed by atoms with van der Waals surface area (Å²) in [4.78, 5) is 30.8. The topological polar surface area (TPSA) is 65.1 Å². The maximum Gasteiger partial charge on any atom is 0.332 e. The van der Waals surface area contributed by atoms with Crippen LogP contribution in [0.15, 0.2) is 9.59 Å². The summed E-state index contributed by atoms with van der Waals surface area (Å²) < 4.78 is 4.49. The molecule has 0 aliphatic heterocycles. The van der Waals surface area contributed by atoms with Gasteiger partial charge in [-0.05, 0) is 14.1 Å². The molecule has 110 valence electrons. The van der Waals surface area contributed by atoms with Gasteiger partial charge in [0, 0.05) is 33.6 Å². The lowest BCUT2D eigenvalue weighted by Crippen LogP contribution is -2.37. The summed E-state index contributed by atoms with van der Waals surface area (Å²) in [5.74, 6) is 0.833. The van der Waals surface area contributed by atoms with Crippen LogP contribution < -0.4 is 11.2 Å².